The number of hydrogen-bond donors (Lipinski definition) is 1. The van der Waals surface area contributed by atoms with Gasteiger partial charge in [-0.05, 0) is 42.3 Å². The number of amides is 1. The molecule has 1 atom stereocenters. The number of carbonyl (C=O) groups excluding carboxylic acids is 1. The third-order valence-corrected chi connectivity index (χ3v) is 5.21. The highest BCUT2D eigenvalue weighted by Gasteiger charge is 2.33. The number of hydrogen-bond acceptors (Lipinski definition) is 4. The molecule has 0 spiro atoms. The van der Waals surface area contributed by atoms with Crippen molar-refractivity contribution in [1.29, 1.82) is 0 Å². The quantitative estimate of drug-likeness (QED) is 0.736. The van der Waals surface area contributed by atoms with Crippen molar-refractivity contribution in [3.05, 3.63) is 89.0 Å². The molecule has 0 radical (unpaired) electrons. The monoisotopic (exact) mass is 372 g/mol. The van der Waals surface area contributed by atoms with E-state index in [1.165, 1.54) is 5.56 Å². The third kappa shape index (κ3) is 2.85. The van der Waals surface area contributed by atoms with E-state index in [9.17, 15) is 4.79 Å². The summed E-state index contributed by atoms with van der Waals surface area (Å²) in [6.07, 6.45) is -0.293. The van der Waals surface area contributed by atoms with Gasteiger partial charge in [0.05, 0.1) is 5.56 Å². The van der Waals surface area contributed by atoms with E-state index >= 15 is 0 Å². The van der Waals surface area contributed by atoms with Crippen LogP contribution in [0.3, 0.4) is 0 Å². The summed E-state index contributed by atoms with van der Waals surface area (Å²) in [5.74, 6) is 1.45. The minimum Gasteiger partial charge on any atom is -0.454 e. The Morgan fingerprint density at radius 2 is 1.79 bits per heavy atom. The molecule has 3 aromatic rings. The lowest BCUT2D eigenvalue weighted by atomic mass is 10.0. The largest absolute Gasteiger partial charge is 0.454 e. The van der Waals surface area contributed by atoms with Gasteiger partial charge in [-0.25, -0.2) is 0 Å². The highest BCUT2D eigenvalue weighted by Crippen LogP contribution is 2.39. The van der Waals surface area contributed by atoms with Gasteiger partial charge < -0.3 is 19.7 Å². The first-order valence-electron chi connectivity index (χ1n) is 9.31. The van der Waals surface area contributed by atoms with Gasteiger partial charge in [-0.2, -0.15) is 0 Å². The van der Waals surface area contributed by atoms with Crippen LogP contribution in [-0.4, -0.2) is 17.6 Å². The maximum Gasteiger partial charge on any atom is 0.258 e. The minimum atomic E-state index is -0.293. The standard InChI is InChI=1S/C23H20N2O3/c1-15-6-8-16(9-7-15)13-25-22(17-10-11-20-21(12-17)28-14-27-20)24-19-5-3-2-4-18(19)23(25)26/h2-12,22,24H,13-14H2,1H3/t22-/m1/s1. The number of para-hydroxylation sites is 1. The lowest BCUT2D eigenvalue weighted by molar-refractivity contribution is 0.0666. The molecule has 0 fully saturated rings. The van der Waals surface area contributed by atoms with Gasteiger partial charge in [-0.15, -0.1) is 0 Å². The van der Waals surface area contributed by atoms with Crippen molar-refractivity contribution < 1.29 is 14.3 Å². The lowest BCUT2D eigenvalue weighted by Gasteiger charge is -2.38. The molecule has 0 aliphatic carbocycles. The van der Waals surface area contributed by atoms with Gasteiger partial charge in [0, 0.05) is 12.2 Å². The summed E-state index contributed by atoms with van der Waals surface area (Å²) in [4.78, 5) is 15.2. The Bertz CT molecular complexity index is 1050. The zero-order valence-electron chi connectivity index (χ0n) is 15.5. The van der Waals surface area contributed by atoms with Crippen LogP contribution in [0.1, 0.15) is 33.2 Å². The Kier molecular flexibility index (Phi) is 3.93. The molecule has 1 N–H and O–H groups in total. The second-order valence-electron chi connectivity index (χ2n) is 7.12. The fraction of sp³-hybridized carbons (Fsp3) is 0.174. The summed E-state index contributed by atoms with van der Waals surface area (Å²) in [5.41, 5.74) is 4.77. The minimum absolute atomic E-state index is 0.0117. The van der Waals surface area contributed by atoms with Crippen LogP contribution in [0.5, 0.6) is 11.5 Å². The fourth-order valence-corrected chi connectivity index (χ4v) is 3.69. The van der Waals surface area contributed by atoms with Crippen LogP contribution < -0.4 is 14.8 Å². The average molecular weight is 372 g/mol. The number of ether oxygens (including phenoxy) is 2. The molecule has 5 heteroatoms. The van der Waals surface area contributed by atoms with E-state index in [2.05, 4.69) is 36.5 Å². The van der Waals surface area contributed by atoms with Crippen molar-refractivity contribution in [2.24, 2.45) is 0 Å². The van der Waals surface area contributed by atoms with Gasteiger partial charge in [0.1, 0.15) is 6.17 Å². The molecule has 5 rings (SSSR count). The van der Waals surface area contributed by atoms with Crippen LogP contribution in [0.4, 0.5) is 5.69 Å². The zero-order valence-corrected chi connectivity index (χ0v) is 15.5. The number of benzene rings is 3. The van der Waals surface area contributed by atoms with E-state index in [1.54, 1.807) is 0 Å². The number of carbonyl (C=O) groups is 1. The van der Waals surface area contributed by atoms with Crippen molar-refractivity contribution in [3.63, 3.8) is 0 Å². The van der Waals surface area contributed by atoms with Crippen LogP contribution in [-0.2, 0) is 6.54 Å². The van der Waals surface area contributed by atoms with Crippen molar-refractivity contribution >= 4 is 11.6 Å². The highest BCUT2D eigenvalue weighted by molar-refractivity contribution is 6.01. The van der Waals surface area contributed by atoms with Crippen LogP contribution in [0.15, 0.2) is 66.7 Å². The normalized spacial score (nSPS) is 17.2. The van der Waals surface area contributed by atoms with Gasteiger partial charge in [-0.1, -0.05) is 48.0 Å². The van der Waals surface area contributed by atoms with Gasteiger partial charge in [-0.3, -0.25) is 4.79 Å². The molecular weight excluding hydrogens is 352 g/mol. The maximum absolute atomic E-state index is 13.3. The smallest absolute Gasteiger partial charge is 0.258 e. The molecule has 3 aromatic carbocycles. The average Bonchev–Trinajstić information content (AvgIpc) is 3.19. The summed E-state index contributed by atoms with van der Waals surface area (Å²) in [6.45, 7) is 2.80. The summed E-state index contributed by atoms with van der Waals surface area (Å²) < 4.78 is 11.0. The Hall–Kier alpha value is -3.47. The topological polar surface area (TPSA) is 50.8 Å². The Morgan fingerprint density at radius 1 is 1.00 bits per heavy atom. The van der Waals surface area contributed by atoms with Crippen LogP contribution in [0.2, 0.25) is 0 Å². The molecule has 0 aromatic heterocycles. The molecule has 2 aliphatic heterocycles. The zero-order chi connectivity index (χ0) is 19.1. The summed E-state index contributed by atoms with van der Waals surface area (Å²) in [7, 11) is 0. The van der Waals surface area contributed by atoms with E-state index in [4.69, 9.17) is 9.47 Å². The molecule has 0 bridgehead atoms. The van der Waals surface area contributed by atoms with Gasteiger partial charge in [0.2, 0.25) is 6.79 Å². The predicted molar refractivity (Wildman–Crippen MR) is 106 cm³/mol. The molecular formula is C23H20N2O3. The molecule has 140 valence electrons. The first-order chi connectivity index (χ1) is 13.7. The Balaban J connectivity index is 1.55. The second kappa shape index (κ2) is 6.60. The molecule has 2 heterocycles. The predicted octanol–water partition coefficient (Wildman–Crippen LogP) is 4.49. The van der Waals surface area contributed by atoms with E-state index in [-0.39, 0.29) is 18.9 Å². The number of nitrogens with one attached hydrogen (secondary N) is 1. The SMILES string of the molecule is Cc1ccc(CN2C(=O)c3ccccc3N[C@H]2c2ccc3c(c2)OCO3)cc1. The molecule has 1 amide bonds. The number of anilines is 1. The molecule has 0 saturated carbocycles. The van der Waals surface area contributed by atoms with Crippen molar-refractivity contribution in [2.75, 3.05) is 12.1 Å². The van der Waals surface area contributed by atoms with Crippen molar-refractivity contribution in [1.82, 2.24) is 4.90 Å². The van der Waals surface area contributed by atoms with Crippen molar-refractivity contribution in [2.45, 2.75) is 19.6 Å². The fourth-order valence-electron chi connectivity index (χ4n) is 3.69. The van der Waals surface area contributed by atoms with Crippen molar-refractivity contribution in [3.8, 4) is 11.5 Å². The van der Waals surface area contributed by atoms with Gasteiger partial charge in [0.25, 0.3) is 5.91 Å². The number of nitrogens with zero attached hydrogens (tertiary/aromatic N) is 1. The van der Waals surface area contributed by atoms with Crippen LogP contribution in [0.25, 0.3) is 0 Å². The first kappa shape index (κ1) is 16.7. The Morgan fingerprint density at radius 3 is 2.64 bits per heavy atom. The molecule has 28 heavy (non-hydrogen) atoms. The first-order valence-corrected chi connectivity index (χ1v) is 9.31. The summed E-state index contributed by atoms with van der Waals surface area (Å²) in [6, 6.07) is 21.7. The summed E-state index contributed by atoms with van der Waals surface area (Å²) >= 11 is 0. The lowest BCUT2D eigenvalue weighted by Crippen LogP contribution is -2.42. The number of rotatable bonds is 3. The van der Waals surface area contributed by atoms with Gasteiger partial charge in [0.15, 0.2) is 11.5 Å². The molecule has 2 aliphatic rings. The van der Waals surface area contributed by atoms with E-state index in [0.29, 0.717) is 17.9 Å². The third-order valence-electron chi connectivity index (χ3n) is 5.21. The molecule has 5 nitrogen and oxygen atoms in total. The maximum atomic E-state index is 13.3. The summed E-state index contributed by atoms with van der Waals surface area (Å²) in [5, 5.41) is 3.53. The van der Waals surface area contributed by atoms with E-state index < -0.39 is 0 Å². The highest BCUT2D eigenvalue weighted by atomic mass is 16.7. The second-order valence-corrected chi connectivity index (χ2v) is 7.12. The Labute approximate surface area is 163 Å². The number of aryl methyl sites for hydroxylation is 1. The van der Waals surface area contributed by atoms with E-state index in [0.717, 1.165) is 22.6 Å². The van der Waals surface area contributed by atoms with Crippen LogP contribution in [0, 0.1) is 6.92 Å². The molecule has 0 unspecified atom stereocenters. The molecule has 0 saturated heterocycles. The van der Waals surface area contributed by atoms with Gasteiger partial charge >= 0.3 is 0 Å². The van der Waals surface area contributed by atoms with E-state index in [1.807, 2.05) is 47.4 Å². The van der Waals surface area contributed by atoms with Crippen LogP contribution >= 0.6 is 0 Å². The number of fused-ring (bicyclic) bond motifs is 2.